The van der Waals surface area contributed by atoms with E-state index in [-0.39, 0.29) is 11.7 Å². The Kier molecular flexibility index (Phi) is 5.25. The third kappa shape index (κ3) is 3.82. The Morgan fingerprint density at radius 1 is 1.21 bits per heavy atom. The molecule has 1 fully saturated rings. The maximum absolute atomic E-state index is 12.2. The van der Waals surface area contributed by atoms with Crippen LogP contribution >= 0.6 is 0 Å². The van der Waals surface area contributed by atoms with Gasteiger partial charge in [0.1, 0.15) is 19.5 Å². The number of carbonyl (C=O) groups excluding carboxylic acids is 1. The molecule has 3 rings (SSSR count). The van der Waals surface area contributed by atoms with Crippen molar-refractivity contribution in [2.24, 2.45) is 0 Å². The van der Waals surface area contributed by atoms with Crippen molar-refractivity contribution in [1.82, 2.24) is 4.90 Å². The van der Waals surface area contributed by atoms with Gasteiger partial charge in [-0.25, -0.2) is 0 Å². The SMILES string of the molecule is CCN1CCN(c2ccc(NC(=O)C3=COCCO3)c(C)c2)CC1. The van der Waals surface area contributed by atoms with Crippen LogP contribution in [0.4, 0.5) is 11.4 Å². The molecule has 0 bridgehead atoms. The minimum atomic E-state index is -0.276. The zero-order valence-electron chi connectivity index (χ0n) is 14.4. The molecule has 6 heteroatoms. The summed E-state index contributed by atoms with van der Waals surface area (Å²) in [6, 6.07) is 6.15. The zero-order valence-corrected chi connectivity index (χ0v) is 14.4. The molecule has 0 atom stereocenters. The predicted molar refractivity (Wildman–Crippen MR) is 94.1 cm³/mol. The van der Waals surface area contributed by atoms with Crippen LogP contribution < -0.4 is 10.2 Å². The van der Waals surface area contributed by atoms with Gasteiger partial charge in [0.25, 0.3) is 5.91 Å². The first kappa shape index (κ1) is 16.6. The second-order valence-corrected chi connectivity index (χ2v) is 6.08. The molecule has 1 aromatic rings. The Bertz CT molecular complexity index is 622. The lowest BCUT2D eigenvalue weighted by molar-refractivity contribution is -0.117. The van der Waals surface area contributed by atoms with Gasteiger partial charge < -0.3 is 24.6 Å². The Morgan fingerprint density at radius 3 is 2.62 bits per heavy atom. The number of nitrogens with zero attached hydrogens (tertiary/aromatic N) is 2. The number of carbonyl (C=O) groups is 1. The summed E-state index contributed by atoms with van der Waals surface area (Å²) in [4.78, 5) is 17.0. The van der Waals surface area contributed by atoms with Gasteiger partial charge in [0.2, 0.25) is 5.76 Å². The lowest BCUT2D eigenvalue weighted by Gasteiger charge is -2.35. The van der Waals surface area contributed by atoms with Crippen molar-refractivity contribution in [1.29, 1.82) is 0 Å². The molecule has 1 N–H and O–H groups in total. The molecule has 2 heterocycles. The Hall–Kier alpha value is -2.21. The minimum Gasteiger partial charge on any atom is -0.494 e. The summed E-state index contributed by atoms with van der Waals surface area (Å²) in [5.41, 5.74) is 3.04. The normalized spacial score (nSPS) is 18.4. The van der Waals surface area contributed by atoms with Gasteiger partial charge in [-0.1, -0.05) is 6.92 Å². The third-order valence-corrected chi connectivity index (χ3v) is 4.52. The molecular weight excluding hydrogens is 306 g/mol. The van der Waals surface area contributed by atoms with Crippen molar-refractivity contribution in [2.45, 2.75) is 13.8 Å². The van der Waals surface area contributed by atoms with Gasteiger partial charge in [-0.05, 0) is 37.2 Å². The fourth-order valence-electron chi connectivity index (χ4n) is 2.98. The van der Waals surface area contributed by atoms with E-state index in [0.717, 1.165) is 44.0 Å². The van der Waals surface area contributed by atoms with Crippen LogP contribution in [0.25, 0.3) is 0 Å². The van der Waals surface area contributed by atoms with Gasteiger partial charge in [-0.3, -0.25) is 4.79 Å². The molecule has 0 aliphatic carbocycles. The smallest absolute Gasteiger partial charge is 0.294 e. The van der Waals surface area contributed by atoms with Crippen molar-refractivity contribution in [2.75, 3.05) is 56.2 Å². The highest BCUT2D eigenvalue weighted by Crippen LogP contribution is 2.24. The molecular formula is C18H25N3O3. The maximum Gasteiger partial charge on any atom is 0.294 e. The van der Waals surface area contributed by atoms with E-state index in [0.29, 0.717) is 13.2 Å². The van der Waals surface area contributed by atoms with E-state index in [9.17, 15) is 4.79 Å². The van der Waals surface area contributed by atoms with Crippen molar-refractivity contribution >= 4 is 17.3 Å². The van der Waals surface area contributed by atoms with Crippen LogP contribution in [0.3, 0.4) is 0 Å². The predicted octanol–water partition coefficient (Wildman–Crippen LogP) is 1.96. The summed E-state index contributed by atoms with van der Waals surface area (Å²) in [5.74, 6) is -0.0532. The van der Waals surface area contributed by atoms with Gasteiger partial charge >= 0.3 is 0 Å². The fraction of sp³-hybridized carbons (Fsp3) is 0.500. The number of hydrogen-bond acceptors (Lipinski definition) is 5. The Balaban J connectivity index is 1.64. The van der Waals surface area contributed by atoms with Crippen LogP contribution in [0, 0.1) is 6.92 Å². The van der Waals surface area contributed by atoms with E-state index in [1.807, 2.05) is 13.0 Å². The third-order valence-electron chi connectivity index (χ3n) is 4.52. The van der Waals surface area contributed by atoms with Crippen LogP contribution in [-0.2, 0) is 14.3 Å². The number of hydrogen-bond donors (Lipinski definition) is 1. The number of piperazine rings is 1. The summed E-state index contributed by atoms with van der Waals surface area (Å²) in [6.07, 6.45) is 1.37. The van der Waals surface area contributed by atoms with E-state index >= 15 is 0 Å². The van der Waals surface area contributed by atoms with Gasteiger partial charge in [0, 0.05) is 37.6 Å². The first-order chi connectivity index (χ1) is 11.7. The molecule has 24 heavy (non-hydrogen) atoms. The largest absolute Gasteiger partial charge is 0.494 e. The molecule has 2 aliphatic heterocycles. The highest BCUT2D eigenvalue weighted by Gasteiger charge is 2.18. The van der Waals surface area contributed by atoms with Crippen molar-refractivity contribution in [3.63, 3.8) is 0 Å². The molecule has 0 aromatic heterocycles. The van der Waals surface area contributed by atoms with Gasteiger partial charge in [-0.15, -0.1) is 0 Å². The Labute approximate surface area is 143 Å². The number of anilines is 2. The number of amides is 1. The summed E-state index contributed by atoms with van der Waals surface area (Å²) in [7, 11) is 0. The first-order valence-corrected chi connectivity index (χ1v) is 8.51. The number of ether oxygens (including phenoxy) is 2. The van der Waals surface area contributed by atoms with Crippen LogP contribution in [0.1, 0.15) is 12.5 Å². The van der Waals surface area contributed by atoms with Crippen molar-refractivity contribution < 1.29 is 14.3 Å². The number of aryl methyl sites for hydroxylation is 1. The highest BCUT2D eigenvalue weighted by atomic mass is 16.6. The summed E-state index contributed by atoms with van der Waals surface area (Å²) < 4.78 is 10.4. The van der Waals surface area contributed by atoms with Gasteiger partial charge in [-0.2, -0.15) is 0 Å². The molecule has 1 aromatic carbocycles. The van der Waals surface area contributed by atoms with E-state index in [4.69, 9.17) is 9.47 Å². The number of benzene rings is 1. The van der Waals surface area contributed by atoms with Crippen molar-refractivity contribution in [3.05, 3.63) is 35.8 Å². The fourth-order valence-corrected chi connectivity index (χ4v) is 2.98. The van der Waals surface area contributed by atoms with Crippen LogP contribution in [-0.4, -0.2) is 56.7 Å². The molecule has 1 amide bonds. The average molecular weight is 331 g/mol. The molecule has 1 saturated heterocycles. The summed E-state index contributed by atoms with van der Waals surface area (Å²) in [5, 5.41) is 2.89. The topological polar surface area (TPSA) is 54.0 Å². The van der Waals surface area contributed by atoms with Crippen LogP contribution in [0.5, 0.6) is 0 Å². The van der Waals surface area contributed by atoms with Gasteiger partial charge in [0.05, 0.1) is 0 Å². The first-order valence-electron chi connectivity index (χ1n) is 8.51. The lowest BCUT2D eigenvalue weighted by atomic mass is 10.1. The molecule has 0 unspecified atom stereocenters. The number of likely N-dealkylation sites (N-methyl/N-ethyl adjacent to an activating group) is 1. The van der Waals surface area contributed by atoms with E-state index in [2.05, 4.69) is 34.2 Å². The maximum atomic E-state index is 12.2. The lowest BCUT2D eigenvalue weighted by Crippen LogP contribution is -2.46. The second-order valence-electron chi connectivity index (χ2n) is 6.08. The van der Waals surface area contributed by atoms with Crippen LogP contribution in [0.15, 0.2) is 30.2 Å². The van der Waals surface area contributed by atoms with E-state index in [1.54, 1.807) is 0 Å². The Morgan fingerprint density at radius 2 is 2.00 bits per heavy atom. The molecule has 0 radical (unpaired) electrons. The summed E-state index contributed by atoms with van der Waals surface area (Å²) in [6.45, 7) is 10.5. The molecule has 2 aliphatic rings. The van der Waals surface area contributed by atoms with E-state index < -0.39 is 0 Å². The van der Waals surface area contributed by atoms with Gasteiger partial charge in [0.15, 0.2) is 0 Å². The molecule has 0 saturated carbocycles. The highest BCUT2D eigenvalue weighted by molar-refractivity contribution is 6.02. The monoisotopic (exact) mass is 331 g/mol. The number of rotatable bonds is 4. The standard InChI is InChI=1S/C18H25N3O3/c1-3-20-6-8-21(9-7-20)15-4-5-16(14(2)12-15)19-18(22)17-13-23-10-11-24-17/h4-5,12-13H,3,6-11H2,1-2H3,(H,19,22). The second kappa shape index (κ2) is 7.57. The summed E-state index contributed by atoms with van der Waals surface area (Å²) >= 11 is 0. The molecule has 130 valence electrons. The van der Waals surface area contributed by atoms with E-state index in [1.165, 1.54) is 11.9 Å². The van der Waals surface area contributed by atoms with Crippen LogP contribution in [0.2, 0.25) is 0 Å². The van der Waals surface area contributed by atoms with Crippen molar-refractivity contribution in [3.8, 4) is 0 Å². The average Bonchev–Trinajstić information content (AvgIpc) is 2.64. The zero-order chi connectivity index (χ0) is 16.9. The molecule has 0 spiro atoms. The minimum absolute atomic E-state index is 0.223. The molecule has 6 nitrogen and oxygen atoms in total. The quantitative estimate of drug-likeness (QED) is 0.914. The number of nitrogens with one attached hydrogen (secondary N) is 1.